The summed E-state index contributed by atoms with van der Waals surface area (Å²) in [5.74, 6) is -0.262. The molecular formula is C18H20F3N5O2S. The summed E-state index contributed by atoms with van der Waals surface area (Å²) in [5, 5.41) is 15.6. The van der Waals surface area contributed by atoms with Gasteiger partial charge in [0.2, 0.25) is 10.1 Å². The van der Waals surface area contributed by atoms with Crippen LogP contribution in [0.4, 0.5) is 18.3 Å². The van der Waals surface area contributed by atoms with Crippen LogP contribution in [0.2, 0.25) is 0 Å². The number of alkyl halides is 3. The number of rotatable bonds is 4. The number of imidazole rings is 1. The number of nitrogens with zero attached hydrogens (tertiary/aromatic N) is 4. The highest BCUT2D eigenvalue weighted by atomic mass is 32.1. The predicted octanol–water partition coefficient (Wildman–Crippen LogP) is 2.78. The molecule has 1 aromatic carbocycles. The van der Waals surface area contributed by atoms with Crippen LogP contribution in [-0.4, -0.2) is 52.0 Å². The predicted molar refractivity (Wildman–Crippen MR) is 103 cm³/mol. The zero-order chi connectivity index (χ0) is 20.8. The first-order valence-electron chi connectivity index (χ1n) is 9.02. The molecule has 1 aliphatic heterocycles. The lowest BCUT2D eigenvalue weighted by Crippen LogP contribution is -2.48. The fourth-order valence-corrected chi connectivity index (χ4v) is 4.42. The molecule has 0 unspecified atom stereocenters. The fraction of sp³-hybridized carbons (Fsp3) is 0.444. The largest absolute Gasteiger partial charge is 0.495 e. The van der Waals surface area contributed by atoms with Crippen LogP contribution in [0.5, 0.6) is 5.75 Å². The Bertz CT molecular complexity index is 1020. The molecule has 1 fully saturated rings. The normalized spacial score (nSPS) is 17.1. The second-order valence-electron chi connectivity index (χ2n) is 7.02. The van der Waals surface area contributed by atoms with Crippen molar-refractivity contribution in [3.8, 4) is 17.0 Å². The summed E-state index contributed by atoms with van der Waals surface area (Å²) >= 11 is 1.34. The lowest BCUT2D eigenvalue weighted by atomic mass is 9.92. The van der Waals surface area contributed by atoms with Gasteiger partial charge in [0.1, 0.15) is 5.75 Å². The molecule has 0 atom stereocenters. The quantitative estimate of drug-likeness (QED) is 0.666. The molecule has 2 aromatic heterocycles. The van der Waals surface area contributed by atoms with E-state index in [-0.39, 0.29) is 17.9 Å². The Morgan fingerprint density at radius 3 is 2.66 bits per heavy atom. The minimum Gasteiger partial charge on any atom is -0.495 e. The molecule has 3 heterocycles. The number of halogens is 3. The van der Waals surface area contributed by atoms with E-state index in [0.29, 0.717) is 41.7 Å². The first kappa shape index (κ1) is 19.9. The van der Waals surface area contributed by atoms with Gasteiger partial charge < -0.3 is 20.5 Å². The molecule has 0 amide bonds. The lowest BCUT2D eigenvalue weighted by Gasteiger charge is -2.37. The van der Waals surface area contributed by atoms with Crippen LogP contribution in [-0.2, 0) is 6.18 Å². The van der Waals surface area contributed by atoms with Gasteiger partial charge in [-0.25, -0.2) is 9.50 Å². The molecule has 0 radical (unpaired) electrons. The number of fused-ring (bicyclic) bond motifs is 1. The summed E-state index contributed by atoms with van der Waals surface area (Å²) in [7, 11) is 1.21. The van der Waals surface area contributed by atoms with E-state index in [9.17, 15) is 18.3 Å². The number of hydrogen-bond donors (Lipinski definition) is 2. The average molecular weight is 427 g/mol. The van der Waals surface area contributed by atoms with Gasteiger partial charge in [0.25, 0.3) is 0 Å². The number of para-hydroxylation sites is 1. The summed E-state index contributed by atoms with van der Waals surface area (Å²) in [6.07, 6.45) is -1.99. The van der Waals surface area contributed by atoms with Crippen LogP contribution < -0.4 is 15.4 Å². The maximum absolute atomic E-state index is 13.4. The van der Waals surface area contributed by atoms with E-state index in [1.807, 2.05) is 4.90 Å². The van der Waals surface area contributed by atoms with Crippen LogP contribution in [0.1, 0.15) is 18.4 Å². The minimum atomic E-state index is -4.54. The van der Waals surface area contributed by atoms with Gasteiger partial charge in [0.15, 0.2) is 0 Å². The Morgan fingerprint density at radius 1 is 1.31 bits per heavy atom. The Kier molecular flexibility index (Phi) is 4.91. The van der Waals surface area contributed by atoms with Crippen molar-refractivity contribution in [2.24, 2.45) is 5.73 Å². The van der Waals surface area contributed by atoms with Crippen LogP contribution in [0.25, 0.3) is 16.2 Å². The zero-order valence-electron chi connectivity index (χ0n) is 15.6. The average Bonchev–Trinajstić information content (AvgIpc) is 3.28. The molecule has 11 heteroatoms. The van der Waals surface area contributed by atoms with Gasteiger partial charge in [0.05, 0.1) is 30.2 Å². The molecule has 0 bridgehead atoms. The third-order valence-electron chi connectivity index (χ3n) is 5.22. The summed E-state index contributed by atoms with van der Waals surface area (Å²) in [6.45, 7) is 1.39. The molecule has 4 rings (SSSR count). The van der Waals surface area contributed by atoms with E-state index in [1.54, 1.807) is 6.07 Å². The number of anilines is 1. The van der Waals surface area contributed by atoms with Gasteiger partial charge in [-0.1, -0.05) is 17.4 Å². The van der Waals surface area contributed by atoms with E-state index in [4.69, 9.17) is 10.5 Å². The van der Waals surface area contributed by atoms with Crippen molar-refractivity contribution < 1.29 is 23.0 Å². The number of hydrogen-bond acceptors (Lipinski definition) is 7. The molecule has 1 aliphatic rings. The molecule has 0 aliphatic carbocycles. The third kappa shape index (κ3) is 3.53. The van der Waals surface area contributed by atoms with Crippen molar-refractivity contribution in [3.63, 3.8) is 0 Å². The van der Waals surface area contributed by atoms with E-state index in [0.717, 1.165) is 6.07 Å². The maximum Gasteiger partial charge on any atom is 0.419 e. The third-order valence-corrected chi connectivity index (χ3v) is 6.20. The van der Waals surface area contributed by atoms with Gasteiger partial charge in [-0.15, -0.1) is 5.10 Å². The summed E-state index contributed by atoms with van der Waals surface area (Å²) in [5.41, 5.74) is 4.61. The highest BCUT2D eigenvalue weighted by molar-refractivity contribution is 7.20. The Balaban J connectivity index is 1.71. The Morgan fingerprint density at radius 2 is 2.03 bits per heavy atom. The van der Waals surface area contributed by atoms with Gasteiger partial charge in [-0.2, -0.15) is 13.2 Å². The maximum atomic E-state index is 13.4. The van der Waals surface area contributed by atoms with E-state index >= 15 is 0 Å². The van der Waals surface area contributed by atoms with Crippen molar-refractivity contribution in [2.45, 2.75) is 24.6 Å². The first-order chi connectivity index (χ1) is 13.8. The van der Waals surface area contributed by atoms with Crippen molar-refractivity contribution in [2.75, 3.05) is 31.6 Å². The monoisotopic (exact) mass is 427 g/mol. The molecule has 3 N–H and O–H groups in total. The number of benzene rings is 1. The molecule has 7 nitrogen and oxygen atoms in total. The molecule has 3 aromatic rings. The van der Waals surface area contributed by atoms with Crippen LogP contribution >= 0.6 is 11.3 Å². The van der Waals surface area contributed by atoms with Crippen molar-refractivity contribution in [1.29, 1.82) is 0 Å². The van der Waals surface area contributed by atoms with Crippen molar-refractivity contribution in [1.82, 2.24) is 14.6 Å². The highest BCUT2D eigenvalue weighted by Crippen LogP contribution is 2.42. The van der Waals surface area contributed by atoms with E-state index in [1.165, 1.54) is 35.2 Å². The topological polar surface area (TPSA) is 88.9 Å². The molecule has 29 heavy (non-hydrogen) atoms. The van der Waals surface area contributed by atoms with E-state index < -0.39 is 17.3 Å². The van der Waals surface area contributed by atoms with Gasteiger partial charge >= 0.3 is 6.18 Å². The lowest BCUT2D eigenvalue weighted by molar-refractivity contribution is -0.138. The van der Waals surface area contributed by atoms with Crippen LogP contribution in [0.15, 0.2) is 24.4 Å². The van der Waals surface area contributed by atoms with Gasteiger partial charge in [-0.3, -0.25) is 0 Å². The summed E-state index contributed by atoms with van der Waals surface area (Å²) in [6, 6.07) is 3.88. The van der Waals surface area contributed by atoms with Crippen LogP contribution in [0.3, 0.4) is 0 Å². The second kappa shape index (κ2) is 7.15. The smallest absolute Gasteiger partial charge is 0.419 e. The number of ether oxygens (including phenoxy) is 1. The first-order valence-corrected chi connectivity index (χ1v) is 9.84. The number of piperidine rings is 1. The molecular weight excluding hydrogens is 407 g/mol. The number of nitrogens with two attached hydrogens (primary N) is 1. The highest BCUT2D eigenvalue weighted by Gasteiger charge is 2.36. The van der Waals surface area contributed by atoms with Crippen LogP contribution in [0, 0.1) is 0 Å². The van der Waals surface area contributed by atoms with Gasteiger partial charge in [0, 0.05) is 25.2 Å². The zero-order valence-corrected chi connectivity index (χ0v) is 16.4. The molecule has 0 spiro atoms. The number of aliphatic hydroxyl groups is 1. The molecule has 1 saturated heterocycles. The van der Waals surface area contributed by atoms with Gasteiger partial charge in [-0.05, 0) is 25.0 Å². The molecule has 156 valence electrons. The molecule has 0 saturated carbocycles. The van der Waals surface area contributed by atoms with Crippen molar-refractivity contribution in [3.05, 3.63) is 30.0 Å². The number of methoxy groups -OCH3 is 1. The van der Waals surface area contributed by atoms with E-state index in [2.05, 4.69) is 10.1 Å². The second-order valence-corrected chi connectivity index (χ2v) is 7.96. The Hall–Kier alpha value is -2.37. The fourth-order valence-electron chi connectivity index (χ4n) is 3.49. The SMILES string of the molecule is COc1c(-c2cnc3sc(N4CCC(O)(CN)CC4)nn23)cccc1C(F)(F)F. The summed E-state index contributed by atoms with van der Waals surface area (Å²) in [4.78, 5) is 6.90. The summed E-state index contributed by atoms with van der Waals surface area (Å²) < 4.78 is 46.7. The number of aromatic nitrogens is 3. The minimum absolute atomic E-state index is 0.210. The van der Waals surface area contributed by atoms with Crippen molar-refractivity contribution >= 4 is 21.4 Å². The standard InChI is InChI=1S/C18H20F3N5O2S/c1-28-14-11(3-2-4-12(14)18(19,20)21)13-9-23-15-26(13)24-16(29-15)25-7-5-17(27,10-22)6-8-25/h2-4,9,27H,5-8,10,22H2,1H3. The Labute approximate surface area is 168 Å².